The fourth-order valence-corrected chi connectivity index (χ4v) is 2.69. The Bertz CT molecular complexity index is 555. The second kappa shape index (κ2) is 6.66. The Morgan fingerprint density at radius 1 is 1.20 bits per heavy atom. The highest BCUT2D eigenvalue weighted by Crippen LogP contribution is 2.26. The van der Waals surface area contributed by atoms with Crippen LogP contribution in [0.4, 0.5) is 0 Å². The standard InChI is InChI=1S/C16H24N4/c1-4-13(5-2)16-15(10-17)18-19-20(16)11-14-9-7-6-8-12(14)3/h6-9,13H,4-5,10-11,17H2,1-3H3. The maximum Gasteiger partial charge on any atom is 0.0997 e. The molecule has 1 heterocycles. The summed E-state index contributed by atoms with van der Waals surface area (Å²) in [5.41, 5.74) is 10.5. The van der Waals surface area contributed by atoms with Crippen molar-refractivity contribution < 1.29 is 0 Å². The summed E-state index contributed by atoms with van der Waals surface area (Å²) in [5, 5.41) is 8.59. The molecular formula is C16H24N4. The van der Waals surface area contributed by atoms with Crippen LogP contribution in [0.1, 0.15) is 55.1 Å². The minimum absolute atomic E-state index is 0.458. The number of hydrogen-bond donors (Lipinski definition) is 1. The van der Waals surface area contributed by atoms with Crippen LogP contribution in [0.5, 0.6) is 0 Å². The Morgan fingerprint density at radius 3 is 2.50 bits per heavy atom. The van der Waals surface area contributed by atoms with Gasteiger partial charge >= 0.3 is 0 Å². The number of hydrogen-bond acceptors (Lipinski definition) is 3. The van der Waals surface area contributed by atoms with E-state index in [1.807, 2.05) is 4.68 Å². The third-order valence-electron chi connectivity index (χ3n) is 3.99. The zero-order valence-electron chi connectivity index (χ0n) is 12.6. The smallest absolute Gasteiger partial charge is 0.0997 e. The summed E-state index contributed by atoms with van der Waals surface area (Å²) in [6, 6.07) is 8.41. The van der Waals surface area contributed by atoms with E-state index in [1.165, 1.54) is 16.8 Å². The maximum atomic E-state index is 5.82. The molecule has 0 aliphatic heterocycles. The van der Waals surface area contributed by atoms with E-state index < -0.39 is 0 Å². The van der Waals surface area contributed by atoms with Crippen molar-refractivity contribution in [2.24, 2.45) is 5.73 Å². The molecule has 0 radical (unpaired) electrons. The molecule has 0 saturated heterocycles. The summed E-state index contributed by atoms with van der Waals surface area (Å²) in [4.78, 5) is 0. The van der Waals surface area contributed by atoms with Crippen molar-refractivity contribution in [2.45, 2.75) is 52.6 Å². The summed E-state index contributed by atoms with van der Waals surface area (Å²) in [5.74, 6) is 0.479. The lowest BCUT2D eigenvalue weighted by Gasteiger charge is -2.16. The van der Waals surface area contributed by atoms with Crippen LogP contribution in [-0.4, -0.2) is 15.0 Å². The van der Waals surface area contributed by atoms with Gasteiger partial charge in [0.15, 0.2) is 0 Å². The molecular weight excluding hydrogens is 248 g/mol. The molecule has 4 nitrogen and oxygen atoms in total. The van der Waals surface area contributed by atoms with Crippen molar-refractivity contribution in [1.82, 2.24) is 15.0 Å². The van der Waals surface area contributed by atoms with Crippen molar-refractivity contribution >= 4 is 0 Å². The zero-order chi connectivity index (χ0) is 14.5. The van der Waals surface area contributed by atoms with Gasteiger partial charge in [-0.2, -0.15) is 0 Å². The number of aryl methyl sites for hydroxylation is 1. The third-order valence-corrected chi connectivity index (χ3v) is 3.99. The second-order valence-corrected chi connectivity index (χ2v) is 5.22. The summed E-state index contributed by atoms with van der Waals surface area (Å²) >= 11 is 0. The van der Waals surface area contributed by atoms with Crippen LogP contribution in [0.15, 0.2) is 24.3 Å². The largest absolute Gasteiger partial charge is 0.325 e. The van der Waals surface area contributed by atoms with Crippen LogP contribution < -0.4 is 5.73 Å². The molecule has 0 amide bonds. The molecule has 1 aromatic heterocycles. The number of aromatic nitrogens is 3. The first-order valence-electron chi connectivity index (χ1n) is 7.38. The summed E-state index contributed by atoms with van der Waals surface area (Å²) < 4.78 is 2.03. The van der Waals surface area contributed by atoms with E-state index in [9.17, 15) is 0 Å². The van der Waals surface area contributed by atoms with E-state index >= 15 is 0 Å². The van der Waals surface area contributed by atoms with E-state index in [-0.39, 0.29) is 0 Å². The van der Waals surface area contributed by atoms with Crippen LogP contribution in [-0.2, 0) is 13.1 Å². The Balaban J connectivity index is 2.37. The second-order valence-electron chi connectivity index (χ2n) is 5.22. The minimum Gasteiger partial charge on any atom is -0.325 e. The van der Waals surface area contributed by atoms with Gasteiger partial charge in [0.05, 0.1) is 17.9 Å². The lowest BCUT2D eigenvalue weighted by molar-refractivity contribution is 0.540. The minimum atomic E-state index is 0.458. The molecule has 1 aromatic carbocycles. The van der Waals surface area contributed by atoms with Gasteiger partial charge < -0.3 is 5.73 Å². The lowest BCUT2D eigenvalue weighted by Crippen LogP contribution is -2.13. The number of nitrogens with zero attached hydrogens (tertiary/aromatic N) is 3. The Labute approximate surface area is 121 Å². The van der Waals surface area contributed by atoms with Crippen LogP contribution in [0.25, 0.3) is 0 Å². The molecule has 20 heavy (non-hydrogen) atoms. The van der Waals surface area contributed by atoms with Crippen molar-refractivity contribution in [3.8, 4) is 0 Å². The third kappa shape index (κ3) is 2.90. The maximum absolute atomic E-state index is 5.82. The molecule has 0 aliphatic carbocycles. The highest BCUT2D eigenvalue weighted by Gasteiger charge is 2.19. The quantitative estimate of drug-likeness (QED) is 0.879. The SMILES string of the molecule is CCC(CC)c1c(CN)nnn1Cc1ccccc1C. The molecule has 2 rings (SSSR count). The Hall–Kier alpha value is -1.68. The average molecular weight is 272 g/mol. The molecule has 0 bridgehead atoms. The van der Waals surface area contributed by atoms with Crippen LogP contribution in [0, 0.1) is 6.92 Å². The molecule has 0 fully saturated rings. The van der Waals surface area contributed by atoms with Gasteiger partial charge in [0.25, 0.3) is 0 Å². The molecule has 0 unspecified atom stereocenters. The monoisotopic (exact) mass is 272 g/mol. The molecule has 2 aromatic rings. The van der Waals surface area contributed by atoms with E-state index in [0.717, 1.165) is 25.1 Å². The summed E-state index contributed by atoms with van der Waals surface area (Å²) in [6.45, 7) is 7.77. The van der Waals surface area contributed by atoms with Crippen molar-refractivity contribution in [3.05, 3.63) is 46.8 Å². The molecule has 0 atom stereocenters. The fraction of sp³-hybridized carbons (Fsp3) is 0.500. The first-order valence-corrected chi connectivity index (χ1v) is 7.38. The van der Waals surface area contributed by atoms with E-state index in [0.29, 0.717) is 12.5 Å². The molecule has 4 heteroatoms. The summed E-state index contributed by atoms with van der Waals surface area (Å²) in [7, 11) is 0. The lowest BCUT2D eigenvalue weighted by atomic mass is 9.97. The highest BCUT2D eigenvalue weighted by atomic mass is 15.4. The molecule has 2 N–H and O–H groups in total. The number of nitrogens with two attached hydrogens (primary N) is 1. The van der Waals surface area contributed by atoms with Gasteiger partial charge in [-0.15, -0.1) is 5.10 Å². The molecule has 0 spiro atoms. The van der Waals surface area contributed by atoms with Crippen molar-refractivity contribution in [2.75, 3.05) is 0 Å². The first-order chi connectivity index (χ1) is 9.71. The fourth-order valence-electron chi connectivity index (χ4n) is 2.69. The predicted octanol–water partition coefficient (Wildman–Crippen LogP) is 3.00. The van der Waals surface area contributed by atoms with Gasteiger partial charge in [-0.1, -0.05) is 43.3 Å². The average Bonchev–Trinajstić information content (AvgIpc) is 2.86. The van der Waals surface area contributed by atoms with Crippen LogP contribution in [0.3, 0.4) is 0 Å². The predicted molar refractivity (Wildman–Crippen MR) is 81.5 cm³/mol. The Kier molecular flexibility index (Phi) is 4.90. The van der Waals surface area contributed by atoms with Gasteiger partial charge in [0.1, 0.15) is 0 Å². The normalized spacial score (nSPS) is 11.2. The molecule has 0 saturated carbocycles. The van der Waals surface area contributed by atoms with Gasteiger partial charge in [-0.05, 0) is 30.9 Å². The van der Waals surface area contributed by atoms with Crippen molar-refractivity contribution in [3.63, 3.8) is 0 Å². The van der Waals surface area contributed by atoms with Crippen LogP contribution in [0.2, 0.25) is 0 Å². The molecule has 0 aliphatic rings. The molecule has 108 valence electrons. The van der Waals surface area contributed by atoms with Gasteiger partial charge in [0, 0.05) is 12.5 Å². The first kappa shape index (κ1) is 14.7. The highest BCUT2D eigenvalue weighted by molar-refractivity contribution is 5.27. The van der Waals surface area contributed by atoms with Crippen molar-refractivity contribution in [1.29, 1.82) is 0 Å². The van der Waals surface area contributed by atoms with Gasteiger partial charge in [0.2, 0.25) is 0 Å². The van der Waals surface area contributed by atoms with Crippen LogP contribution >= 0.6 is 0 Å². The summed E-state index contributed by atoms with van der Waals surface area (Å²) in [6.07, 6.45) is 2.18. The van der Waals surface area contributed by atoms with E-state index in [2.05, 4.69) is 55.3 Å². The number of benzene rings is 1. The zero-order valence-corrected chi connectivity index (χ0v) is 12.6. The Morgan fingerprint density at radius 2 is 1.90 bits per heavy atom. The topological polar surface area (TPSA) is 56.7 Å². The van der Waals surface area contributed by atoms with E-state index in [4.69, 9.17) is 5.73 Å². The van der Waals surface area contributed by atoms with Gasteiger partial charge in [-0.3, -0.25) is 0 Å². The van der Waals surface area contributed by atoms with E-state index in [1.54, 1.807) is 0 Å². The number of rotatable bonds is 6. The van der Waals surface area contributed by atoms with Gasteiger partial charge in [-0.25, -0.2) is 4.68 Å².